The van der Waals surface area contributed by atoms with Gasteiger partial charge < -0.3 is 14.2 Å². The molecular weight excluding hydrogens is 805 g/mol. The fourth-order valence-electron chi connectivity index (χ4n) is 8.12. The standard InChI is InChI=1S/C59H106O6/c1-4-7-10-13-16-19-22-25-28-29-30-31-32-35-37-40-43-46-49-52-58(61)64-55-56(65-59(62)53-50-47-44-41-38-34-27-24-21-18-15-12-9-6-3)54-63-57(60)51-48-45-42-39-36-33-26-23-20-17-14-11-8-5-2/h9,12,16,18-19,21-22,25,56H,4-8,10-11,13-15,17,20,23-24,26-55H2,1-3H3/b12-9-,19-16-,21-18-,25-22-. The molecule has 0 spiro atoms. The Morgan fingerprint density at radius 3 is 1.05 bits per heavy atom. The van der Waals surface area contributed by atoms with Gasteiger partial charge in [0.2, 0.25) is 0 Å². The monoisotopic (exact) mass is 911 g/mol. The summed E-state index contributed by atoms with van der Waals surface area (Å²) >= 11 is 0. The summed E-state index contributed by atoms with van der Waals surface area (Å²) in [4.78, 5) is 38.1. The highest BCUT2D eigenvalue weighted by molar-refractivity contribution is 5.71. The lowest BCUT2D eigenvalue weighted by molar-refractivity contribution is -0.167. The van der Waals surface area contributed by atoms with Crippen LogP contribution in [0.15, 0.2) is 48.6 Å². The van der Waals surface area contributed by atoms with Crippen LogP contribution in [-0.2, 0) is 28.6 Å². The molecule has 0 amide bonds. The lowest BCUT2D eigenvalue weighted by Crippen LogP contribution is -2.30. The Morgan fingerprint density at radius 2 is 0.646 bits per heavy atom. The van der Waals surface area contributed by atoms with Crippen LogP contribution in [-0.4, -0.2) is 37.2 Å². The fourth-order valence-corrected chi connectivity index (χ4v) is 8.12. The number of hydrogen-bond acceptors (Lipinski definition) is 6. The first-order chi connectivity index (χ1) is 32.0. The molecule has 0 heterocycles. The minimum absolute atomic E-state index is 0.0744. The second-order valence-corrected chi connectivity index (χ2v) is 18.9. The van der Waals surface area contributed by atoms with Crippen LogP contribution in [0.3, 0.4) is 0 Å². The van der Waals surface area contributed by atoms with E-state index in [0.717, 1.165) is 77.0 Å². The Labute approximate surface area is 403 Å². The van der Waals surface area contributed by atoms with E-state index < -0.39 is 6.10 Å². The van der Waals surface area contributed by atoms with Crippen LogP contribution >= 0.6 is 0 Å². The van der Waals surface area contributed by atoms with E-state index in [1.54, 1.807) is 0 Å². The van der Waals surface area contributed by atoms with Crippen LogP contribution in [0, 0.1) is 0 Å². The van der Waals surface area contributed by atoms with Gasteiger partial charge in [-0.25, -0.2) is 0 Å². The first kappa shape index (κ1) is 62.4. The lowest BCUT2D eigenvalue weighted by Gasteiger charge is -2.18. The van der Waals surface area contributed by atoms with Crippen molar-refractivity contribution in [2.75, 3.05) is 13.2 Å². The zero-order chi connectivity index (χ0) is 47.2. The quantitative estimate of drug-likeness (QED) is 0.0199. The van der Waals surface area contributed by atoms with Gasteiger partial charge in [-0.05, 0) is 70.6 Å². The van der Waals surface area contributed by atoms with Gasteiger partial charge in [0, 0.05) is 19.3 Å². The molecule has 378 valence electrons. The largest absolute Gasteiger partial charge is 0.462 e. The molecule has 0 aromatic rings. The average molecular weight is 911 g/mol. The lowest BCUT2D eigenvalue weighted by atomic mass is 10.0. The highest BCUT2D eigenvalue weighted by Gasteiger charge is 2.19. The normalized spacial score (nSPS) is 12.4. The molecule has 0 aromatic carbocycles. The number of carbonyl (C=O) groups is 3. The summed E-state index contributed by atoms with van der Waals surface area (Å²) in [6.07, 6.45) is 65.2. The van der Waals surface area contributed by atoms with Crippen molar-refractivity contribution in [3.05, 3.63) is 48.6 Å². The summed E-state index contributed by atoms with van der Waals surface area (Å²) in [5, 5.41) is 0. The van der Waals surface area contributed by atoms with E-state index in [2.05, 4.69) is 69.4 Å². The molecule has 0 rings (SSSR count). The van der Waals surface area contributed by atoms with Crippen LogP contribution < -0.4 is 0 Å². The molecule has 0 aliphatic rings. The zero-order valence-electron chi connectivity index (χ0n) is 43.3. The summed E-state index contributed by atoms with van der Waals surface area (Å²) in [6, 6.07) is 0. The molecule has 0 radical (unpaired) electrons. The summed E-state index contributed by atoms with van der Waals surface area (Å²) in [5.74, 6) is -0.873. The second kappa shape index (κ2) is 54.0. The molecular formula is C59H106O6. The maximum Gasteiger partial charge on any atom is 0.306 e. The molecule has 0 aliphatic heterocycles. The number of hydrogen-bond donors (Lipinski definition) is 0. The third-order valence-electron chi connectivity index (χ3n) is 12.3. The molecule has 0 N–H and O–H groups in total. The third kappa shape index (κ3) is 52.2. The van der Waals surface area contributed by atoms with E-state index in [-0.39, 0.29) is 31.1 Å². The number of ether oxygens (including phenoxy) is 3. The van der Waals surface area contributed by atoms with Crippen molar-refractivity contribution >= 4 is 17.9 Å². The molecule has 1 unspecified atom stereocenters. The summed E-state index contributed by atoms with van der Waals surface area (Å²) in [7, 11) is 0. The maximum atomic E-state index is 12.8. The molecule has 1 atom stereocenters. The van der Waals surface area contributed by atoms with Gasteiger partial charge in [-0.15, -0.1) is 0 Å². The fraction of sp³-hybridized carbons (Fsp3) is 0.814. The van der Waals surface area contributed by atoms with Crippen molar-refractivity contribution in [1.82, 2.24) is 0 Å². The summed E-state index contributed by atoms with van der Waals surface area (Å²) in [5.41, 5.74) is 0. The van der Waals surface area contributed by atoms with Crippen molar-refractivity contribution in [3.63, 3.8) is 0 Å². The van der Waals surface area contributed by atoms with Gasteiger partial charge >= 0.3 is 17.9 Å². The van der Waals surface area contributed by atoms with Crippen molar-refractivity contribution in [3.8, 4) is 0 Å². The number of allylic oxidation sites excluding steroid dienone is 8. The predicted octanol–water partition coefficient (Wildman–Crippen LogP) is 18.7. The SMILES string of the molecule is CC/C=C\C/C=C\CCCCCCCCCC(=O)OC(COC(=O)CCCCCCCCCCCC/C=C\C=C/CCCCC)COC(=O)CCCCCCCCCCCCCCCC. The highest BCUT2D eigenvalue weighted by atomic mass is 16.6. The molecule has 0 fully saturated rings. The van der Waals surface area contributed by atoms with Gasteiger partial charge in [0.1, 0.15) is 13.2 Å². The topological polar surface area (TPSA) is 78.9 Å². The molecule has 6 heteroatoms. The molecule has 0 bridgehead atoms. The number of unbranched alkanes of at least 4 members (excludes halogenated alkanes) is 33. The molecule has 0 aliphatic carbocycles. The smallest absolute Gasteiger partial charge is 0.306 e. The Morgan fingerprint density at radius 1 is 0.338 bits per heavy atom. The third-order valence-corrected chi connectivity index (χ3v) is 12.3. The Bertz CT molecular complexity index is 1140. The van der Waals surface area contributed by atoms with E-state index in [1.165, 1.54) is 173 Å². The maximum absolute atomic E-state index is 12.8. The Hall–Kier alpha value is -2.63. The minimum atomic E-state index is -0.776. The number of esters is 3. The van der Waals surface area contributed by atoms with Gasteiger partial charge in [0.15, 0.2) is 6.10 Å². The zero-order valence-corrected chi connectivity index (χ0v) is 43.3. The molecule has 65 heavy (non-hydrogen) atoms. The van der Waals surface area contributed by atoms with Gasteiger partial charge in [-0.1, -0.05) is 249 Å². The average Bonchev–Trinajstić information content (AvgIpc) is 3.30. The second-order valence-electron chi connectivity index (χ2n) is 18.9. The number of rotatable bonds is 51. The van der Waals surface area contributed by atoms with Crippen LogP contribution in [0.2, 0.25) is 0 Å². The summed E-state index contributed by atoms with van der Waals surface area (Å²) in [6.45, 7) is 6.53. The van der Waals surface area contributed by atoms with E-state index >= 15 is 0 Å². The Balaban J connectivity index is 4.33. The van der Waals surface area contributed by atoms with E-state index in [4.69, 9.17) is 14.2 Å². The molecule has 0 aromatic heterocycles. The highest BCUT2D eigenvalue weighted by Crippen LogP contribution is 2.16. The van der Waals surface area contributed by atoms with Crippen molar-refractivity contribution in [1.29, 1.82) is 0 Å². The molecule has 0 saturated heterocycles. The van der Waals surface area contributed by atoms with Gasteiger partial charge in [-0.3, -0.25) is 14.4 Å². The predicted molar refractivity (Wildman–Crippen MR) is 279 cm³/mol. The minimum Gasteiger partial charge on any atom is -0.462 e. The van der Waals surface area contributed by atoms with E-state index in [1.807, 2.05) is 0 Å². The van der Waals surface area contributed by atoms with Gasteiger partial charge in [0.25, 0.3) is 0 Å². The summed E-state index contributed by atoms with van der Waals surface area (Å²) < 4.78 is 16.9. The molecule has 0 saturated carbocycles. The van der Waals surface area contributed by atoms with E-state index in [9.17, 15) is 14.4 Å². The van der Waals surface area contributed by atoms with Crippen molar-refractivity contribution in [2.45, 2.75) is 297 Å². The van der Waals surface area contributed by atoms with Crippen LogP contribution in [0.25, 0.3) is 0 Å². The van der Waals surface area contributed by atoms with Crippen LogP contribution in [0.1, 0.15) is 290 Å². The first-order valence-electron chi connectivity index (χ1n) is 28.2. The van der Waals surface area contributed by atoms with E-state index in [0.29, 0.717) is 19.3 Å². The van der Waals surface area contributed by atoms with Crippen molar-refractivity contribution < 1.29 is 28.6 Å². The van der Waals surface area contributed by atoms with Crippen LogP contribution in [0.4, 0.5) is 0 Å². The Kier molecular flexibility index (Phi) is 51.8. The van der Waals surface area contributed by atoms with Gasteiger partial charge in [0.05, 0.1) is 0 Å². The van der Waals surface area contributed by atoms with Gasteiger partial charge in [-0.2, -0.15) is 0 Å². The first-order valence-corrected chi connectivity index (χ1v) is 28.2. The van der Waals surface area contributed by atoms with Crippen molar-refractivity contribution in [2.24, 2.45) is 0 Å². The molecule has 6 nitrogen and oxygen atoms in total. The van der Waals surface area contributed by atoms with Crippen LogP contribution in [0.5, 0.6) is 0 Å². The number of carbonyl (C=O) groups excluding carboxylic acids is 3.